The van der Waals surface area contributed by atoms with Gasteiger partial charge in [0.25, 0.3) is 0 Å². The summed E-state index contributed by atoms with van der Waals surface area (Å²) >= 11 is 0. The van der Waals surface area contributed by atoms with Crippen LogP contribution in [0.25, 0.3) is 0 Å². The molecule has 1 fully saturated rings. The molecule has 1 amide bonds. The number of carbonyl (C=O) groups is 2. The van der Waals surface area contributed by atoms with Crippen molar-refractivity contribution in [2.45, 2.75) is 19.4 Å². The lowest BCUT2D eigenvalue weighted by Crippen LogP contribution is -2.52. The van der Waals surface area contributed by atoms with Gasteiger partial charge in [-0.3, -0.25) is 4.79 Å². The summed E-state index contributed by atoms with van der Waals surface area (Å²) in [5.41, 5.74) is 1.08. The van der Waals surface area contributed by atoms with Gasteiger partial charge in [-0.25, -0.2) is 4.79 Å². The number of amides is 1. The minimum Gasteiger partial charge on any atom is -0.493 e. The van der Waals surface area contributed by atoms with Gasteiger partial charge in [0, 0.05) is 6.54 Å². The fourth-order valence-corrected chi connectivity index (χ4v) is 2.21. The van der Waals surface area contributed by atoms with Crippen LogP contribution in [0.1, 0.15) is 12.0 Å². The molecule has 1 atom stereocenters. The zero-order chi connectivity index (χ0) is 15.2. The predicted molar refractivity (Wildman–Crippen MR) is 75.2 cm³/mol. The quantitative estimate of drug-likeness (QED) is 0.879. The molecule has 1 saturated heterocycles. The highest BCUT2D eigenvalue weighted by atomic mass is 16.5. The largest absolute Gasteiger partial charge is 0.493 e. The second-order valence-electron chi connectivity index (χ2n) is 4.93. The molecule has 0 radical (unpaired) electrons. The minimum absolute atomic E-state index is 0.0415. The summed E-state index contributed by atoms with van der Waals surface area (Å²) in [5.74, 6) is -0.555. The molecule has 0 bridgehead atoms. The second kappa shape index (κ2) is 7.08. The Balaban J connectivity index is 1.84. The maximum Gasteiger partial charge on any atom is 0.328 e. The summed E-state index contributed by atoms with van der Waals surface area (Å²) in [4.78, 5) is 24.5. The van der Waals surface area contributed by atoms with Gasteiger partial charge in [-0.15, -0.1) is 0 Å². The number of nitrogens with zero attached hydrogens (tertiary/aromatic N) is 1. The van der Waals surface area contributed by atoms with Crippen LogP contribution in [0.5, 0.6) is 5.75 Å². The smallest absolute Gasteiger partial charge is 0.328 e. The van der Waals surface area contributed by atoms with E-state index < -0.39 is 12.0 Å². The SMILES string of the molecule is Cc1cccc(OCCC(=O)N2CCOC[C@@H]2C(=O)O)c1. The summed E-state index contributed by atoms with van der Waals surface area (Å²) in [5, 5.41) is 9.09. The summed E-state index contributed by atoms with van der Waals surface area (Å²) in [6, 6.07) is 6.66. The monoisotopic (exact) mass is 293 g/mol. The van der Waals surface area contributed by atoms with Crippen LogP contribution in [-0.2, 0) is 14.3 Å². The molecule has 0 aliphatic carbocycles. The number of carboxylic acid groups (broad SMARTS) is 1. The van der Waals surface area contributed by atoms with Crippen LogP contribution in [0.2, 0.25) is 0 Å². The Bertz CT molecular complexity index is 517. The molecular formula is C15H19NO5. The number of aryl methyl sites for hydroxylation is 1. The zero-order valence-electron chi connectivity index (χ0n) is 11.9. The van der Waals surface area contributed by atoms with Gasteiger partial charge in [0.1, 0.15) is 5.75 Å². The first kappa shape index (κ1) is 15.3. The van der Waals surface area contributed by atoms with Crippen molar-refractivity contribution < 1.29 is 24.2 Å². The minimum atomic E-state index is -1.04. The topological polar surface area (TPSA) is 76.1 Å². The van der Waals surface area contributed by atoms with Crippen molar-refractivity contribution in [3.63, 3.8) is 0 Å². The first-order valence-corrected chi connectivity index (χ1v) is 6.87. The second-order valence-corrected chi connectivity index (χ2v) is 4.93. The molecule has 1 aromatic rings. The highest BCUT2D eigenvalue weighted by Gasteiger charge is 2.32. The van der Waals surface area contributed by atoms with E-state index in [9.17, 15) is 9.59 Å². The third-order valence-corrected chi connectivity index (χ3v) is 3.31. The number of hydrogen-bond donors (Lipinski definition) is 1. The van der Waals surface area contributed by atoms with Crippen LogP contribution >= 0.6 is 0 Å². The van der Waals surface area contributed by atoms with Gasteiger partial charge in [-0.2, -0.15) is 0 Å². The van der Waals surface area contributed by atoms with Gasteiger partial charge in [0.05, 0.1) is 26.2 Å². The number of carboxylic acids is 1. The molecule has 0 unspecified atom stereocenters. The first-order chi connectivity index (χ1) is 10.1. The van der Waals surface area contributed by atoms with E-state index in [-0.39, 0.29) is 25.5 Å². The molecule has 1 aliphatic rings. The fraction of sp³-hybridized carbons (Fsp3) is 0.467. The maximum atomic E-state index is 12.1. The van der Waals surface area contributed by atoms with Crippen molar-refractivity contribution in [2.75, 3.05) is 26.4 Å². The number of aliphatic carboxylic acids is 1. The Kier molecular flexibility index (Phi) is 5.16. The van der Waals surface area contributed by atoms with Crippen LogP contribution in [0, 0.1) is 6.92 Å². The van der Waals surface area contributed by atoms with Crippen LogP contribution in [-0.4, -0.2) is 54.3 Å². The molecule has 0 aromatic heterocycles. The molecule has 6 nitrogen and oxygen atoms in total. The number of morpholine rings is 1. The van der Waals surface area contributed by atoms with Gasteiger partial charge in [0.2, 0.25) is 5.91 Å². The lowest BCUT2D eigenvalue weighted by molar-refractivity contribution is -0.158. The fourth-order valence-electron chi connectivity index (χ4n) is 2.21. The van der Waals surface area contributed by atoms with Crippen molar-refractivity contribution in [3.8, 4) is 5.75 Å². The molecule has 114 valence electrons. The zero-order valence-corrected chi connectivity index (χ0v) is 11.9. The number of ether oxygens (including phenoxy) is 2. The average Bonchev–Trinajstić information content (AvgIpc) is 2.47. The Hall–Kier alpha value is -2.08. The van der Waals surface area contributed by atoms with Crippen LogP contribution in [0.4, 0.5) is 0 Å². The number of benzene rings is 1. The van der Waals surface area contributed by atoms with Gasteiger partial charge in [0.15, 0.2) is 6.04 Å². The van der Waals surface area contributed by atoms with Crippen molar-refractivity contribution in [2.24, 2.45) is 0 Å². The molecule has 2 rings (SSSR count). The lowest BCUT2D eigenvalue weighted by atomic mass is 10.2. The number of hydrogen-bond acceptors (Lipinski definition) is 4. The van der Waals surface area contributed by atoms with Gasteiger partial charge >= 0.3 is 5.97 Å². The number of rotatable bonds is 5. The van der Waals surface area contributed by atoms with E-state index in [2.05, 4.69) is 0 Å². The van der Waals surface area contributed by atoms with Crippen LogP contribution in [0.3, 0.4) is 0 Å². The van der Waals surface area contributed by atoms with E-state index in [0.29, 0.717) is 18.9 Å². The van der Waals surface area contributed by atoms with Crippen LogP contribution < -0.4 is 4.74 Å². The molecule has 1 N–H and O–H groups in total. The summed E-state index contributed by atoms with van der Waals surface area (Å²) in [6.45, 7) is 2.91. The predicted octanol–water partition coefficient (Wildman–Crippen LogP) is 1.08. The number of carbonyl (C=O) groups excluding carboxylic acids is 1. The molecule has 1 heterocycles. The maximum absolute atomic E-state index is 12.1. The van der Waals surface area contributed by atoms with Crippen molar-refractivity contribution in [1.82, 2.24) is 4.90 Å². The Morgan fingerprint density at radius 1 is 1.48 bits per heavy atom. The summed E-state index contributed by atoms with van der Waals surface area (Å²) in [6.07, 6.45) is 0.151. The summed E-state index contributed by atoms with van der Waals surface area (Å²) < 4.78 is 10.6. The summed E-state index contributed by atoms with van der Waals surface area (Å²) in [7, 11) is 0. The lowest BCUT2D eigenvalue weighted by Gasteiger charge is -2.32. The van der Waals surface area contributed by atoms with Crippen molar-refractivity contribution >= 4 is 11.9 Å². The molecule has 1 aromatic carbocycles. The Labute approximate surface area is 123 Å². The normalized spacial score (nSPS) is 18.3. The van der Waals surface area contributed by atoms with Crippen molar-refractivity contribution in [1.29, 1.82) is 0 Å². The highest BCUT2D eigenvalue weighted by Crippen LogP contribution is 2.13. The Morgan fingerprint density at radius 3 is 3.00 bits per heavy atom. The van der Waals surface area contributed by atoms with E-state index in [0.717, 1.165) is 5.56 Å². The molecule has 6 heteroatoms. The van der Waals surface area contributed by atoms with Gasteiger partial charge < -0.3 is 19.5 Å². The average molecular weight is 293 g/mol. The third kappa shape index (κ3) is 4.19. The van der Waals surface area contributed by atoms with E-state index in [1.807, 2.05) is 31.2 Å². The van der Waals surface area contributed by atoms with Gasteiger partial charge in [-0.1, -0.05) is 12.1 Å². The first-order valence-electron chi connectivity index (χ1n) is 6.87. The van der Waals surface area contributed by atoms with E-state index >= 15 is 0 Å². The van der Waals surface area contributed by atoms with E-state index in [4.69, 9.17) is 14.6 Å². The van der Waals surface area contributed by atoms with E-state index in [1.165, 1.54) is 4.90 Å². The molecule has 1 aliphatic heterocycles. The Morgan fingerprint density at radius 2 is 2.29 bits per heavy atom. The molecular weight excluding hydrogens is 274 g/mol. The molecule has 0 saturated carbocycles. The van der Waals surface area contributed by atoms with E-state index in [1.54, 1.807) is 0 Å². The third-order valence-electron chi connectivity index (χ3n) is 3.31. The van der Waals surface area contributed by atoms with Crippen LogP contribution in [0.15, 0.2) is 24.3 Å². The molecule has 0 spiro atoms. The molecule has 21 heavy (non-hydrogen) atoms. The van der Waals surface area contributed by atoms with Gasteiger partial charge in [-0.05, 0) is 24.6 Å². The standard InChI is InChI=1S/C15H19NO5/c1-11-3-2-4-12(9-11)21-7-5-14(17)16-6-8-20-10-13(16)15(18)19/h2-4,9,13H,5-8,10H2,1H3,(H,18,19)/t13-/m1/s1. The van der Waals surface area contributed by atoms with Crippen molar-refractivity contribution in [3.05, 3.63) is 29.8 Å². The highest BCUT2D eigenvalue weighted by molar-refractivity contribution is 5.84.